The largest absolute Gasteiger partial charge is 0.408 e. The van der Waals surface area contributed by atoms with Crippen molar-refractivity contribution in [1.29, 1.82) is 0 Å². The van der Waals surface area contributed by atoms with Crippen molar-refractivity contribution in [2.24, 2.45) is 7.05 Å². The Bertz CT molecular complexity index is 3980. The second kappa shape index (κ2) is 18.5. The Balaban J connectivity index is 0.842. The zero-order valence-corrected chi connectivity index (χ0v) is 39.9. The van der Waals surface area contributed by atoms with Crippen LogP contribution < -0.4 is 16.7 Å². The first-order chi connectivity index (χ1) is 35.9. The zero-order chi connectivity index (χ0) is 52.5. The van der Waals surface area contributed by atoms with Crippen molar-refractivity contribution in [2.45, 2.75) is 70.3 Å². The minimum absolute atomic E-state index is 0.0466. The minimum atomic E-state index is -4.58. The number of benzene rings is 3. The standard InChI is InChI=1S/C52H43F6N13O4/c1-30(21-51(53,54)55)64-45(72)28-67-40-7-3-4-8-41(40)70(49(67)74)33-15-11-31(12-16-33)35-22-59-26-43-37(35)24-63-69(43)27-39-47-38(25-62-65(47)2)36(23-61-39)32-13-17-34(18-14-32)71-48-42(9-5-19-60-48)68(50(71)75)29-46(73)66-20-6-10-44(66)52(56,57)58/h3-5,7-9,11-19,22-26,30,44H,6,10,20-21,27-29H2,1-2H3,(H,64,72)/t30-,44-/m0/s1. The summed E-state index contributed by atoms with van der Waals surface area (Å²) in [5.74, 6) is -1.52. The summed E-state index contributed by atoms with van der Waals surface area (Å²) in [6, 6.07) is 21.2. The maximum Gasteiger partial charge on any atom is 0.408 e. The monoisotopic (exact) mass is 1030 g/mol. The Labute approximate surface area is 419 Å². The number of nitrogens with one attached hydrogen (secondary N) is 1. The van der Waals surface area contributed by atoms with E-state index in [0.717, 1.165) is 48.0 Å². The molecule has 2 atom stereocenters. The van der Waals surface area contributed by atoms with E-state index in [1.165, 1.54) is 26.8 Å². The SMILES string of the molecule is C[C@@H](CC(F)(F)F)NC(=O)Cn1c(=O)n(-c2ccc(-c3cncc4c3cnn4Cc3ncc(-c4ccc(-n5c(=O)n(CC(=O)N6CCC[C@H]6C(F)(F)F)c6cccnc65)cc4)c4cnn(C)c34)cc2)c2ccccc21. The Morgan fingerprint density at radius 1 is 0.707 bits per heavy atom. The fraction of sp³-hybridized carbons (Fsp3) is 0.250. The van der Waals surface area contributed by atoms with E-state index in [1.54, 1.807) is 101 Å². The number of rotatable bonds is 12. The van der Waals surface area contributed by atoms with Gasteiger partial charge in [-0.2, -0.15) is 36.5 Å². The van der Waals surface area contributed by atoms with Gasteiger partial charge in [0.25, 0.3) is 0 Å². The van der Waals surface area contributed by atoms with Crippen molar-refractivity contribution < 1.29 is 35.9 Å². The fourth-order valence-corrected chi connectivity index (χ4v) is 10.2. The highest BCUT2D eigenvalue weighted by atomic mass is 19.4. The number of pyridine rings is 3. The van der Waals surface area contributed by atoms with E-state index in [1.807, 2.05) is 31.3 Å². The number of para-hydroxylation sites is 2. The Hall–Kier alpha value is -8.89. The molecule has 8 heterocycles. The molecule has 0 aliphatic carbocycles. The summed E-state index contributed by atoms with van der Waals surface area (Å²) in [6.45, 7) is 0.401. The lowest BCUT2D eigenvalue weighted by Gasteiger charge is -2.26. The third-order valence-corrected chi connectivity index (χ3v) is 13.6. The summed E-state index contributed by atoms with van der Waals surface area (Å²) in [7, 11) is 1.81. The van der Waals surface area contributed by atoms with Crippen molar-refractivity contribution >= 4 is 55.8 Å². The molecule has 1 aliphatic rings. The normalized spacial score (nSPS) is 14.7. The van der Waals surface area contributed by atoms with Crippen LogP contribution in [0.25, 0.3) is 77.6 Å². The number of carbonyl (C=O) groups is 2. The molecule has 1 N–H and O–H groups in total. The van der Waals surface area contributed by atoms with Crippen LogP contribution in [0.2, 0.25) is 0 Å². The number of hydrogen-bond acceptors (Lipinski definition) is 9. The molecule has 10 aromatic rings. The van der Waals surface area contributed by atoms with E-state index in [9.17, 15) is 45.5 Å². The second-order valence-electron chi connectivity index (χ2n) is 18.5. The summed E-state index contributed by atoms with van der Waals surface area (Å²) < 4.78 is 88.7. The fourth-order valence-electron chi connectivity index (χ4n) is 10.2. The number of aryl methyl sites for hydroxylation is 1. The summed E-state index contributed by atoms with van der Waals surface area (Å²) in [5.41, 5.74) is 6.42. The van der Waals surface area contributed by atoms with Gasteiger partial charge < -0.3 is 10.2 Å². The van der Waals surface area contributed by atoms with Crippen LogP contribution in [-0.4, -0.2) is 100 Å². The predicted molar refractivity (Wildman–Crippen MR) is 265 cm³/mol. The number of nitrogens with zero attached hydrogens (tertiary/aromatic N) is 12. The molecule has 2 amide bonds. The number of likely N-dealkylation sites (tertiary alicyclic amines) is 1. The van der Waals surface area contributed by atoms with Gasteiger partial charge in [-0.05, 0) is 79.4 Å². The van der Waals surface area contributed by atoms with Gasteiger partial charge in [0.1, 0.15) is 19.1 Å². The highest BCUT2D eigenvalue weighted by molar-refractivity contribution is 5.96. The molecule has 0 bridgehead atoms. The van der Waals surface area contributed by atoms with Gasteiger partial charge in [-0.25, -0.2) is 19.1 Å². The summed E-state index contributed by atoms with van der Waals surface area (Å²) in [6.07, 6.45) is -0.0796. The van der Waals surface area contributed by atoms with Gasteiger partial charge in [0, 0.05) is 60.1 Å². The molecule has 382 valence electrons. The van der Waals surface area contributed by atoms with Crippen molar-refractivity contribution in [1.82, 2.24) is 63.0 Å². The van der Waals surface area contributed by atoms with E-state index in [4.69, 9.17) is 10.1 Å². The van der Waals surface area contributed by atoms with Crippen LogP contribution in [0, 0.1) is 0 Å². The third kappa shape index (κ3) is 8.86. The lowest BCUT2D eigenvalue weighted by molar-refractivity contribution is -0.182. The van der Waals surface area contributed by atoms with E-state index < -0.39 is 67.1 Å². The third-order valence-electron chi connectivity index (χ3n) is 13.6. The van der Waals surface area contributed by atoms with Crippen LogP contribution >= 0.6 is 0 Å². The topological polar surface area (TPSA) is 178 Å². The summed E-state index contributed by atoms with van der Waals surface area (Å²) >= 11 is 0. The van der Waals surface area contributed by atoms with Crippen molar-refractivity contribution in [3.05, 3.63) is 149 Å². The van der Waals surface area contributed by atoms with Crippen LogP contribution in [0.3, 0.4) is 0 Å². The number of amides is 2. The average Bonchev–Trinajstić information content (AvgIpc) is 4.23. The maximum absolute atomic E-state index is 14.0. The number of imidazole rings is 2. The number of hydrogen-bond donors (Lipinski definition) is 1. The minimum Gasteiger partial charge on any atom is -0.352 e. The molecule has 0 unspecified atom stereocenters. The molecule has 23 heteroatoms. The first kappa shape index (κ1) is 48.4. The highest BCUT2D eigenvalue weighted by Crippen LogP contribution is 2.35. The lowest BCUT2D eigenvalue weighted by atomic mass is 10.0. The first-order valence-electron chi connectivity index (χ1n) is 23.7. The Kier molecular flexibility index (Phi) is 12.0. The molecule has 1 fully saturated rings. The maximum atomic E-state index is 14.0. The molecule has 1 saturated heterocycles. The van der Waals surface area contributed by atoms with Gasteiger partial charge in [0.15, 0.2) is 5.65 Å². The van der Waals surface area contributed by atoms with Gasteiger partial charge in [0.2, 0.25) is 11.8 Å². The molecular weight excluding hydrogens is 985 g/mol. The smallest absolute Gasteiger partial charge is 0.352 e. The number of alkyl halides is 6. The van der Waals surface area contributed by atoms with Crippen LogP contribution in [-0.2, 0) is 36.3 Å². The van der Waals surface area contributed by atoms with Gasteiger partial charge in [-0.15, -0.1) is 0 Å². The number of fused-ring (bicyclic) bond motifs is 4. The number of aromatic nitrogens is 11. The van der Waals surface area contributed by atoms with Gasteiger partial charge in [-0.1, -0.05) is 36.4 Å². The molecule has 0 radical (unpaired) electrons. The number of carbonyl (C=O) groups excluding carboxylic acids is 2. The summed E-state index contributed by atoms with van der Waals surface area (Å²) in [5, 5.41) is 13.2. The van der Waals surface area contributed by atoms with Crippen molar-refractivity contribution in [2.75, 3.05) is 6.54 Å². The zero-order valence-electron chi connectivity index (χ0n) is 39.9. The quantitative estimate of drug-likeness (QED) is 0.120. The summed E-state index contributed by atoms with van der Waals surface area (Å²) in [4.78, 5) is 68.7. The lowest BCUT2D eigenvalue weighted by Crippen LogP contribution is -2.46. The molecule has 3 aromatic carbocycles. The number of halogens is 6. The molecule has 0 spiro atoms. The molecule has 17 nitrogen and oxygen atoms in total. The van der Waals surface area contributed by atoms with Crippen LogP contribution in [0.5, 0.6) is 0 Å². The van der Waals surface area contributed by atoms with Crippen molar-refractivity contribution in [3.8, 4) is 33.6 Å². The first-order valence-corrected chi connectivity index (χ1v) is 23.7. The van der Waals surface area contributed by atoms with Gasteiger partial charge in [0.05, 0.1) is 76.2 Å². The predicted octanol–water partition coefficient (Wildman–Crippen LogP) is 7.71. The van der Waals surface area contributed by atoms with Gasteiger partial charge in [-0.3, -0.25) is 42.6 Å². The molecule has 75 heavy (non-hydrogen) atoms. The Morgan fingerprint density at radius 2 is 1.35 bits per heavy atom. The second-order valence-corrected chi connectivity index (χ2v) is 18.5. The van der Waals surface area contributed by atoms with Gasteiger partial charge >= 0.3 is 23.7 Å². The Morgan fingerprint density at radius 3 is 2.05 bits per heavy atom. The van der Waals surface area contributed by atoms with E-state index in [2.05, 4.69) is 20.4 Å². The van der Waals surface area contributed by atoms with Crippen LogP contribution in [0.1, 0.15) is 31.9 Å². The average molecular weight is 1030 g/mol. The highest BCUT2D eigenvalue weighted by Gasteiger charge is 2.47. The molecular formula is C52H43F6N13O4. The molecule has 0 saturated carbocycles. The van der Waals surface area contributed by atoms with E-state index in [0.29, 0.717) is 39.1 Å². The van der Waals surface area contributed by atoms with E-state index >= 15 is 0 Å². The molecule has 7 aromatic heterocycles. The van der Waals surface area contributed by atoms with E-state index in [-0.39, 0.29) is 31.6 Å². The molecule has 11 rings (SSSR count). The van der Waals surface area contributed by atoms with Crippen LogP contribution in [0.15, 0.2) is 132 Å². The van der Waals surface area contributed by atoms with Crippen LogP contribution in [0.4, 0.5) is 26.3 Å². The van der Waals surface area contributed by atoms with Crippen molar-refractivity contribution in [3.63, 3.8) is 0 Å². The molecule has 1 aliphatic heterocycles.